The van der Waals surface area contributed by atoms with Crippen LogP contribution in [0, 0.1) is 0 Å². The summed E-state index contributed by atoms with van der Waals surface area (Å²) in [6.07, 6.45) is 1.07. The highest BCUT2D eigenvalue weighted by atomic mass is 32.2. The first-order valence-corrected chi connectivity index (χ1v) is 5.86. The summed E-state index contributed by atoms with van der Waals surface area (Å²) in [5.41, 5.74) is 0. The minimum atomic E-state index is -0.661. The number of aromatic nitrogens is 1. The summed E-state index contributed by atoms with van der Waals surface area (Å²) in [5.74, 6) is 1.33. The van der Waals surface area contributed by atoms with Crippen LogP contribution in [0.25, 0.3) is 0 Å². The number of anilines is 1. The van der Waals surface area contributed by atoms with Crippen molar-refractivity contribution >= 4 is 17.6 Å². The smallest absolute Gasteiger partial charge is 0.126 e. The number of hydrogen-bond acceptors (Lipinski definition) is 5. The Bertz CT molecular complexity index is 297. The second-order valence-electron chi connectivity index (χ2n) is 3.05. The zero-order valence-corrected chi connectivity index (χ0v) is 9.50. The van der Waals surface area contributed by atoms with Gasteiger partial charge in [0.2, 0.25) is 0 Å². The van der Waals surface area contributed by atoms with Gasteiger partial charge < -0.3 is 15.5 Å². The highest BCUT2D eigenvalue weighted by Crippen LogP contribution is 2.20. The maximum Gasteiger partial charge on any atom is 0.126 e. The normalized spacial score (nSPS) is 12.5. The lowest BCUT2D eigenvalue weighted by Gasteiger charge is -2.07. The van der Waals surface area contributed by atoms with E-state index in [1.54, 1.807) is 6.20 Å². The lowest BCUT2D eigenvalue weighted by atomic mass is 10.4. The summed E-state index contributed by atoms with van der Waals surface area (Å²) in [6, 6.07) is 3.81. The molecule has 0 spiro atoms. The monoisotopic (exact) mass is 228 g/mol. The van der Waals surface area contributed by atoms with Crippen molar-refractivity contribution in [1.29, 1.82) is 0 Å². The highest BCUT2D eigenvalue weighted by molar-refractivity contribution is 7.99. The largest absolute Gasteiger partial charge is 0.394 e. The van der Waals surface area contributed by atoms with Crippen LogP contribution in [-0.4, -0.2) is 40.2 Å². The van der Waals surface area contributed by atoms with Gasteiger partial charge in [0.25, 0.3) is 0 Å². The van der Waals surface area contributed by atoms with Crippen LogP contribution in [0.15, 0.2) is 23.2 Å². The van der Waals surface area contributed by atoms with Crippen molar-refractivity contribution < 1.29 is 10.2 Å². The molecule has 0 saturated carbocycles. The number of aliphatic hydroxyl groups excluding tert-OH is 2. The van der Waals surface area contributed by atoms with Crippen molar-refractivity contribution in [1.82, 2.24) is 4.98 Å². The minimum absolute atomic E-state index is 0.196. The molecule has 0 aliphatic rings. The van der Waals surface area contributed by atoms with Crippen molar-refractivity contribution in [3.63, 3.8) is 0 Å². The molecule has 0 saturated heterocycles. The van der Waals surface area contributed by atoms with E-state index in [2.05, 4.69) is 10.3 Å². The van der Waals surface area contributed by atoms with Crippen LogP contribution in [0.1, 0.15) is 6.92 Å². The maximum atomic E-state index is 9.19. The van der Waals surface area contributed by atoms with E-state index in [0.29, 0.717) is 5.75 Å². The number of nitrogens with zero attached hydrogens (tertiary/aromatic N) is 1. The number of aliphatic hydroxyl groups is 2. The topological polar surface area (TPSA) is 65.4 Å². The average Bonchev–Trinajstić information content (AvgIpc) is 2.27. The van der Waals surface area contributed by atoms with E-state index < -0.39 is 6.10 Å². The molecule has 0 aliphatic carbocycles. The molecule has 1 unspecified atom stereocenters. The SMILES string of the molecule is CCNc1cc(SCC(O)CO)ccn1. The quantitative estimate of drug-likeness (QED) is 0.633. The standard InChI is InChI=1S/C10H16N2O2S/c1-2-11-10-5-9(3-4-12-10)15-7-8(14)6-13/h3-5,8,13-14H,2,6-7H2,1H3,(H,11,12). The Morgan fingerprint density at radius 2 is 2.40 bits per heavy atom. The molecule has 1 heterocycles. The molecule has 1 aromatic rings. The third-order valence-corrected chi connectivity index (χ3v) is 2.88. The molecule has 15 heavy (non-hydrogen) atoms. The van der Waals surface area contributed by atoms with E-state index >= 15 is 0 Å². The van der Waals surface area contributed by atoms with E-state index in [1.807, 2.05) is 19.1 Å². The van der Waals surface area contributed by atoms with E-state index in [-0.39, 0.29) is 6.61 Å². The van der Waals surface area contributed by atoms with E-state index in [0.717, 1.165) is 17.3 Å². The third kappa shape index (κ3) is 4.51. The van der Waals surface area contributed by atoms with Crippen molar-refractivity contribution in [3.05, 3.63) is 18.3 Å². The summed E-state index contributed by atoms with van der Waals surface area (Å²) < 4.78 is 0. The van der Waals surface area contributed by atoms with Gasteiger partial charge >= 0.3 is 0 Å². The molecule has 1 rings (SSSR count). The molecule has 0 bridgehead atoms. The molecule has 0 amide bonds. The first kappa shape index (κ1) is 12.3. The first-order valence-electron chi connectivity index (χ1n) is 4.88. The molecule has 0 aliphatic heterocycles. The summed E-state index contributed by atoms with van der Waals surface area (Å²) in [5, 5.41) is 21.0. The average molecular weight is 228 g/mol. The van der Waals surface area contributed by atoms with Gasteiger partial charge in [-0.1, -0.05) is 0 Å². The van der Waals surface area contributed by atoms with Crippen molar-refractivity contribution in [2.24, 2.45) is 0 Å². The lowest BCUT2D eigenvalue weighted by molar-refractivity contribution is 0.113. The Morgan fingerprint density at radius 3 is 3.07 bits per heavy atom. The lowest BCUT2D eigenvalue weighted by Crippen LogP contribution is -2.14. The van der Waals surface area contributed by atoms with Crippen LogP contribution in [0.3, 0.4) is 0 Å². The Balaban J connectivity index is 2.50. The van der Waals surface area contributed by atoms with Crippen molar-refractivity contribution in [3.8, 4) is 0 Å². The van der Waals surface area contributed by atoms with Crippen LogP contribution in [0.5, 0.6) is 0 Å². The van der Waals surface area contributed by atoms with E-state index in [4.69, 9.17) is 5.11 Å². The molecular formula is C10H16N2O2S. The number of thioether (sulfide) groups is 1. The van der Waals surface area contributed by atoms with Gasteiger partial charge in [0.15, 0.2) is 0 Å². The highest BCUT2D eigenvalue weighted by Gasteiger charge is 2.03. The molecule has 1 atom stereocenters. The van der Waals surface area contributed by atoms with Crippen LogP contribution in [-0.2, 0) is 0 Å². The molecule has 4 nitrogen and oxygen atoms in total. The zero-order chi connectivity index (χ0) is 11.1. The second kappa shape index (κ2) is 6.66. The summed E-state index contributed by atoms with van der Waals surface area (Å²) in [7, 11) is 0. The summed E-state index contributed by atoms with van der Waals surface area (Å²) in [6.45, 7) is 2.65. The number of pyridine rings is 1. The number of rotatable bonds is 6. The fourth-order valence-corrected chi connectivity index (χ4v) is 1.87. The van der Waals surface area contributed by atoms with Gasteiger partial charge in [-0.3, -0.25) is 0 Å². The van der Waals surface area contributed by atoms with Gasteiger partial charge in [0, 0.05) is 23.4 Å². The van der Waals surface area contributed by atoms with Gasteiger partial charge in [-0.15, -0.1) is 11.8 Å². The summed E-state index contributed by atoms with van der Waals surface area (Å²) in [4.78, 5) is 5.18. The fourth-order valence-electron chi connectivity index (χ4n) is 1.02. The first-order chi connectivity index (χ1) is 7.26. The van der Waals surface area contributed by atoms with Crippen LogP contribution in [0.2, 0.25) is 0 Å². The molecule has 84 valence electrons. The number of hydrogen-bond donors (Lipinski definition) is 3. The predicted octanol–water partition coefficient (Wildman–Crippen LogP) is 0.959. The minimum Gasteiger partial charge on any atom is -0.394 e. The Morgan fingerprint density at radius 1 is 1.60 bits per heavy atom. The third-order valence-electron chi connectivity index (χ3n) is 1.74. The van der Waals surface area contributed by atoms with Crippen LogP contribution < -0.4 is 5.32 Å². The molecule has 0 radical (unpaired) electrons. The van der Waals surface area contributed by atoms with Gasteiger partial charge in [-0.05, 0) is 19.1 Å². The summed E-state index contributed by atoms with van der Waals surface area (Å²) >= 11 is 1.50. The molecule has 5 heteroatoms. The molecule has 0 aromatic carbocycles. The molecular weight excluding hydrogens is 212 g/mol. The second-order valence-corrected chi connectivity index (χ2v) is 4.15. The zero-order valence-electron chi connectivity index (χ0n) is 8.68. The van der Waals surface area contributed by atoms with Crippen LogP contribution in [0.4, 0.5) is 5.82 Å². The Hall–Kier alpha value is -0.780. The van der Waals surface area contributed by atoms with Crippen molar-refractivity contribution in [2.75, 3.05) is 24.2 Å². The fraction of sp³-hybridized carbons (Fsp3) is 0.500. The maximum absolute atomic E-state index is 9.19. The number of nitrogens with one attached hydrogen (secondary N) is 1. The van der Waals surface area contributed by atoms with Gasteiger partial charge in [0.05, 0.1) is 12.7 Å². The van der Waals surface area contributed by atoms with Gasteiger partial charge in [0.1, 0.15) is 5.82 Å². The molecule has 0 fully saturated rings. The van der Waals surface area contributed by atoms with E-state index in [9.17, 15) is 5.11 Å². The Labute approximate surface area is 93.7 Å². The van der Waals surface area contributed by atoms with Gasteiger partial charge in [-0.25, -0.2) is 4.98 Å². The Kier molecular flexibility index (Phi) is 5.45. The van der Waals surface area contributed by atoms with Crippen molar-refractivity contribution in [2.45, 2.75) is 17.9 Å². The van der Waals surface area contributed by atoms with E-state index in [1.165, 1.54) is 11.8 Å². The molecule has 1 aromatic heterocycles. The van der Waals surface area contributed by atoms with Crippen LogP contribution >= 0.6 is 11.8 Å². The molecule has 3 N–H and O–H groups in total. The predicted molar refractivity (Wildman–Crippen MR) is 62.2 cm³/mol. The van der Waals surface area contributed by atoms with Gasteiger partial charge in [-0.2, -0.15) is 0 Å².